The summed E-state index contributed by atoms with van der Waals surface area (Å²) >= 11 is 5.96. The van der Waals surface area contributed by atoms with E-state index in [1.807, 2.05) is 0 Å². The number of sulfonamides is 1. The van der Waals surface area contributed by atoms with Crippen molar-refractivity contribution >= 4 is 33.3 Å². The summed E-state index contributed by atoms with van der Waals surface area (Å²) in [7, 11) is -3.55. The molecule has 0 aromatic heterocycles. The first-order valence-electron chi connectivity index (χ1n) is 9.86. The monoisotopic (exact) mass is 531 g/mol. The SMILES string of the molecule is COC(=O)CN(c1ccc(OCc2c(F)cccc2Cl)cc1)S(=O)(=O)c1cccc(C(F)(F)F)c1. The molecule has 3 aromatic rings. The molecular weight excluding hydrogens is 514 g/mol. The molecule has 186 valence electrons. The van der Waals surface area contributed by atoms with E-state index in [-0.39, 0.29) is 28.6 Å². The van der Waals surface area contributed by atoms with Crippen LogP contribution < -0.4 is 9.04 Å². The second-order valence-electron chi connectivity index (χ2n) is 7.10. The molecule has 0 bridgehead atoms. The van der Waals surface area contributed by atoms with Gasteiger partial charge in [0.05, 0.1) is 28.3 Å². The van der Waals surface area contributed by atoms with Crippen molar-refractivity contribution in [3.05, 3.63) is 88.7 Å². The molecule has 3 aromatic carbocycles. The quantitative estimate of drug-likeness (QED) is 0.286. The van der Waals surface area contributed by atoms with Gasteiger partial charge in [-0.3, -0.25) is 9.10 Å². The Balaban J connectivity index is 1.91. The van der Waals surface area contributed by atoms with Crippen molar-refractivity contribution in [2.75, 3.05) is 18.0 Å². The van der Waals surface area contributed by atoms with Gasteiger partial charge in [0.1, 0.15) is 24.7 Å². The average Bonchev–Trinajstić information content (AvgIpc) is 2.82. The van der Waals surface area contributed by atoms with Gasteiger partial charge in [-0.25, -0.2) is 12.8 Å². The summed E-state index contributed by atoms with van der Waals surface area (Å²) in [6, 6.07) is 12.6. The Morgan fingerprint density at radius 1 is 1.03 bits per heavy atom. The van der Waals surface area contributed by atoms with Crippen molar-refractivity contribution < 1.29 is 40.2 Å². The van der Waals surface area contributed by atoms with Gasteiger partial charge in [-0.05, 0) is 54.6 Å². The third-order valence-corrected chi connectivity index (χ3v) is 6.94. The minimum absolute atomic E-state index is 0.0379. The molecule has 0 N–H and O–H groups in total. The molecule has 0 amide bonds. The fourth-order valence-corrected chi connectivity index (χ4v) is 4.66. The Bertz CT molecular complexity index is 1290. The predicted octanol–water partition coefficient (Wildman–Crippen LogP) is 5.45. The molecule has 0 unspecified atom stereocenters. The Labute approximate surface area is 203 Å². The molecule has 6 nitrogen and oxygen atoms in total. The maximum absolute atomic E-state index is 13.9. The van der Waals surface area contributed by atoms with E-state index in [9.17, 15) is 30.8 Å². The van der Waals surface area contributed by atoms with E-state index in [0.717, 1.165) is 25.3 Å². The molecule has 0 radical (unpaired) electrons. The van der Waals surface area contributed by atoms with Crippen molar-refractivity contribution in [1.29, 1.82) is 0 Å². The lowest BCUT2D eigenvalue weighted by Crippen LogP contribution is -2.36. The fraction of sp³-hybridized carbons (Fsp3) is 0.174. The molecule has 0 spiro atoms. The Kier molecular flexibility index (Phi) is 7.91. The molecule has 12 heteroatoms. The van der Waals surface area contributed by atoms with E-state index in [1.165, 1.54) is 42.5 Å². The van der Waals surface area contributed by atoms with E-state index < -0.39 is 45.0 Å². The first kappa shape index (κ1) is 26.3. The minimum atomic E-state index is -4.77. The van der Waals surface area contributed by atoms with E-state index in [4.69, 9.17) is 16.3 Å². The molecule has 0 aliphatic rings. The first-order valence-corrected chi connectivity index (χ1v) is 11.7. The summed E-state index contributed by atoms with van der Waals surface area (Å²) in [6.45, 7) is -1.00. The third-order valence-electron chi connectivity index (χ3n) is 4.82. The Hall–Kier alpha value is -3.31. The van der Waals surface area contributed by atoms with Gasteiger partial charge < -0.3 is 9.47 Å². The summed E-state index contributed by atoms with van der Waals surface area (Å²) in [5, 5.41) is 0.165. The zero-order valence-corrected chi connectivity index (χ0v) is 19.6. The van der Waals surface area contributed by atoms with Gasteiger partial charge in [-0.15, -0.1) is 0 Å². The summed E-state index contributed by atoms with van der Waals surface area (Å²) < 4.78 is 90.3. The number of ether oxygens (including phenoxy) is 2. The smallest absolute Gasteiger partial charge is 0.416 e. The molecule has 3 rings (SSSR count). The number of esters is 1. The number of rotatable bonds is 8. The van der Waals surface area contributed by atoms with Crippen molar-refractivity contribution in [3.63, 3.8) is 0 Å². The summed E-state index contributed by atoms with van der Waals surface area (Å²) in [5.74, 6) is -1.27. The van der Waals surface area contributed by atoms with E-state index in [0.29, 0.717) is 10.4 Å². The van der Waals surface area contributed by atoms with Crippen LogP contribution in [0.2, 0.25) is 5.02 Å². The zero-order chi connectivity index (χ0) is 25.8. The lowest BCUT2D eigenvalue weighted by atomic mass is 10.2. The van der Waals surface area contributed by atoms with Crippen molar-refractivity contribution in [1.82, 2.24) is 0 Å². The van der Waals surface area contributed by atoms with Crippen LogP contribution >= 0.6 is 11.6 Å². The van der Waals surface area contributed by atoms with Gasteiger partial charge in [-0.1, -0.05) is 23.7 Å². The highest BCUT2D eigenvalue weighted by Crippen LogP contribution is 2.32. The van der Waals surface area contributed by atoms with Crippen LogP contribution in [-0.4, -0.2) is 28.0 Å². The number of carbonyl (C=O) groups excluding carboxylic acids is 1. The fourth-order valence-electron chi connectivity index (χ4n) is 2.99. The van der Waals surface area contributed by atoms with Crippen LogP contribution in [0.1, 0.15) is 11.1 Å². The normalized spacial score (nSPS) is 11.7. The highest BCUT2D eigenvalue weighted by Gasteiger charge is 2.34. The van der Waals surface area contributed by atoms with E-state index in [1.54, 1.807) is 0 Å². The topological polar surface area (TPSA) is 72.9 Å². The van der Waals surface area contributed by atoms with Crippen LogP contribution in [0.5, 0.6) is 5.75 Å². The van der Waals surface area contributed by atoms with Crippen LogP contribution in [0, 0.1) is 5.82 Å². The number of nitrogens with zero attached hydrogens (tertiary/aromatic N) is 1. The van der Waals surface area contributed by atoms with Gasteiger partial charge in [0.15, 0.2) is 0 Å². The number of carbonyl (C=O) groups is 1. The van der Waals surface area contributed by atoms with Gasteiger partial charge >= 0.3 is 12.1 Å². The molecule has 0 saturated heterocycles. The summed E-state index contributed by atoms with van der Waals surface area (Å²) in [4.78, 5) is 11.2. The van der Waals surface area contributed by atoms with Crippen molar-refractivity contribution in [2.24, 2.45) is 0 Å². The van der Waals surface area contributed by atoms with Crippen LogP contribution in [0.25, 0.3) is 0 Å². The number of benzene rings is 3. The van der Waals surface area contributed by atoms with Gasteiger partial charge in [0.25, 0.3) is 10.0 Å². The van der Waals surface area contributed by atoms with Crippen LogP contribution in [0.15, 0.2) is 71.6 Å². The van der Waals surface area contributed by atoms with Gasteiger partial charge in [0.2, 0.25) is 0 Å². The molecular formula is C23H18ClF4NO5S. The highest BCUT2D eigenvalue weighted by atomic mass is 35.5. The molecule has 0 aliphatic heterocycles. The van der Waals surface area contributed by atoms with Gasteiger partial charge in [-0.2, -0.15) is 13.2 Å². The zero-order valence-electron chi connectivity index (χ0n) is 18.1. The van der Waals surface area contributed by atoms with E-state index >= 15 is 0 Å². The van der Waals surface area contributed by atoms with Crippen molar-refractivity contribution in [3.8, 4) is 5.75 Å². The number of halogens is 5. The predicted molar refractivity (Wildman–Crippen MR) is 120 cm³/mol. The number of hydrogen-bond donors (Lipinski definition) is 0. The molecule has 0 saturated carbocycles. The summed E-state index contributed by atoms with van der Waals surface area (Å²) in [5.41, 5.74) is -1.08. The second kappa shape index (κ2) is 10.5. The molecule has 0 fully saturated rings. The maximum atomic E-state index is 13.9. The average molecular weight is 532 g/mol. The number of alkyl halides is 3. The molecule has 0 aliphatic carbocycles. The standard InChI is InChI=1S/C23H18ClF4NO5S/c1-33-22(30)13-29(35(31,32)18-5-2-4-15(12-18)23(26,27)28)16-8-10-17(11-9-16)34-14-19-20(24)6-3-7-21(19)25/h2-12H,13-14H2,1H3. The van der Waals surface area contributed by atoms with Crippen molar-refractivity contribution in [2.45, 2.75) is 17.7 Å². The van der Waals surface area contributed by atoms with E-state index in [2.05, 4.69) is 4.74 Å². The Morgan fingerprint density at radius 3 is 2.29 bits per heavy atom. The molecule has 35 heavy (non-hydrogen) atoms. The molecule has 0 heterocycles. The Morgan fingerprint density at radius 2 is 1.69 bits per heavy atom. The highest BCUT2D eigenvalue weighted by molar-refractivity contribution is 7.92. The largest absolute Gasteiger partial charge is 0.489 e. The molecule has 0 atom stereocenters. The first-order chi connectivity index (χ1) is 16.4. The van der Waals surface area contributed by atoms with Gasteiger partial charge in [0, 0.05) is 5.56 Å². The number of anilines is 1. The third kappa shape index (κ3) is 6.23. The number of methoxy groups -OCH3 is 1. The second-order valence-corrected chi connectivity index (χ2v) is 9.37. The summed E-state index contributed by atoms with van der Waals surface area (Å²) in [6.07, 6.45) is -4.77. The van der Waals surface area contributed by atoms with Crippen LogP contribution in [0.3, 0.4) is 0 Å². The lowest BCUT2D eigenvalue weighted by molar-refractivity contribution is -0.139. The van der Waals surface area contributed by atoms with Crippen LogP contribution in [-0.2, 0) is 32.3 Å². The maximum Gasteiger partial charge on any atom is 0.416 e. The number of hydrogen-bond acceptors (Lipinski definition) is 5. The van der Waals surface area contributed by atoms with Crippen LogP contribution in [0.4, 0.5) is 23.2 Å². The minimum Gasteiger partial charge on any atom is -0.489 e. The lowest BCUT2D eigenvalue weighted by Gasteiger charge is -2.24.